The molecule has 1 aromatic carbocycles. The molecule has 0 saturated carbocycles. The van der Waals surface area contributed by atoms with E-state index in [2.05, 4.69) is 15.5 Å². The quantitative estimate of drug-likeness (QED) is 0.408. The Labute approximate surface area is 184 Å². The van der Waals surface area contributed by atoms with E-state index in [-0.39, 0.29) is 5.91 Å². The third-order valence-electron chi connectivity index (χ3n) is 4.79. The molecular formula is C23H23N3O4S. The van der Waals surface area contributed by atoms with E-state index in [1.807, 2.05) is 50.2 Å². The molecule has 8 heteroatoms. The summed E-state index contributed by atoms with van der Waals surface area (Å²) in [5, 5.41) is 7.62. The second-order valence-electron chi connectivity index (χ2n) is 7.08. The summed E-state index contributed by atoms with van der Waals surface area (Å²) in [6.45, 7) is 5.26. The second-order valence-corrected chi connectivity index (χ2v) is 8.37. The van der Waals surface area contributed by atoms with Gasteiger partial charge in [0.05, 0.1) is 33.8 Å². The predicted molar refractivity (Wildman–Crippen MR) is 120 cm³/mol. The number of aromatic nitrogens is 2. The highest BCUT2D eigenvalue weighted by Gasteiger charge is 2.19. The van der Waals surface area contributed by atoms with Gasteiger partial charge < -0.3 is 19.3 Å². The minimum Gasteiger partial charge on any atom is -0.491 e. The maximum absolute atomic E-state index is 13.1. The van der Waals surface area contributed by atoms with Gasteiger partial charge in [0.1, 0.15) is 12.4 Å². The number of fused-ring (bicyclic) bond motifs is 1. The molecule has 7 nitrogen and oxygen atoms in total. The third kappa shape index (κ3) is 4.76. The van der Waals surface area contributed by atoms with Gasteiger partial charge in [-0.2, -0.15) is 0 Å². The van der Waals surface area contributed by atoms with E-state index in [0.29, 0.717) is 47.8 Å². The lowest BCUT2D eigenvalue weighted by molar-refractivity contribution is 0.0952. The van der Waals surface area contributed by atoms with E-state index >= 15 is 0 Å². The molecule has 31 heavy (non-hydrogen) atoms. The zero-order chi connectivity index (χ0) is 21.8. The van der Waals surface area contributed by atoms with Crippen molar-refractivity contribution in [3.63, 3.8) is 0 Å². The van der Waals surface area contributed by atoms with Crippen LogP contribution in [0.15, 0.2) is 47.0 Å². The number of aryl methyl sites for hydroxylation is 2. The van der Waals surface area contributed by atoms with Crippen molar-refractivity contribution in [2.24, 2.45) is 0 Å². The molecule has 0 fully saturated rings. The number of amides is 1. The lowest BCUT2D eigenvalue weighted by Gasteiger charge is -2.09. The number of carbonyl (C=O) groups excluding carboxylic acids is 1. The second kappa shape index (κ2) is 9.28. The van der Waals surface area contributed by atoms with E-state index in [9.17, 15) is 4.79 Å². The van der Waals surface area contributed by atoms with Crippen LogP contribution in [0.2, 0.25) is 0 Å². The average molecular weight is 438 g/mol. The number of benzene rings is 1. The van der Waals surface area contributed by atoms with Crippen LogP contribution in [0.1, 0.15) is 26.5 Å². The van der Waals surface area contributed by atoms with Gasteiger partial charge in [-0.3, -0.25) is 4.79 Å². The fourth-order valence-corrected chi connectivity index (χ4v) is 4.02. The summed E-state index contributed by atoms with van der Waals surface area (Å²) in [5.74, 6) is 0.563. The largest absolute Gasteiger partial charge is 0.491 e. The molecule has 0 spiro atoms. The van der Waals surface area contributed by atoms with Crippen LogP contribution in [0.25, 0.3) is 21.7 Å². The Kier molecular flexibility index (Phi) is 6.29. The van der Waals surface area contributed by atoms with Gasteiger partial charge in [-0.1, -0.05) is 17.3 Å². The standard InChI is InChI=1S/C23H23N3O4S/c1-14-4-9-20(31-14)19-12-18(21-15(2)26-30-23(21)25-19)22(27)24-13-16-5-7-17(8-6-16)29-11-10-28-3/h4-9,12H,10-11,13H2,1-3H3,(H,24,27). The first-order valence-corrected chi connectivity index (χ1v) is 10.7. The Bertz CT molecular complexity index is 1200. The Morgan fingerprint density at radius 3 is 2.65 bits per heavy atom. The van der Waals surface area contributed by atoms with E-state index < -0.39 is 0 Å². The summed E-state index contributed by atoms with van der Waals surface area (Å²) in [7, 11) is 1.64. The van der Waals surface area contributed by atoms with Crippen molar-refractivity contribution in [3.05, 3.63) is 64.2 Å². The molecule has 0 aliphatic heterocycles. The molecule has 0 saturated heterocycles. The van der Waals surface area contributed by atoms with Crippen molar-refractivity contribution in [3.8, 4) is 16.3 Å². The van der Waals surface area contributed by atoms with Gasteiger partial charge in [-0.15, -0.1) is 11.3 Å². The maximum Gasteiger partial charge on any atom is 0.259 e. The van der Waals surface area contributed by atoms with Gasteiger partial charge in [-0.25, -0.2) is 4.98 Å². The number of hydrogen-bond donors (Lipinski definition) is 1. The molecule has 1 amide bonds. The van der Waals surface area contributed by atoms with E-state index in [1.54, 1.807) is 24.5 Å². The van der Waals surface area contributed by atoms with Gasteiger partial charge >= 0.3 is 0 Å². The zero-order valence-corrected chi connectivity index (χ0v) is 18.4. The van der Waals surface area contributed by atoms with Crippen LogP contribution in [-0.4, -0.2) is 36.4 Å². The molecule has 4 rings (SSSR count). The van der Waals surface area contributed by atoms with Crippen molar-refractivity contribution in [1.29, 1.82) is 0 Å². The Morgan fingerprint density at radius 1 is 1.13 bits per heavy atom. The first-order valence-electron chi connectivity index (χ1n) is 9.88. The third-order valence-corrected chi connectivity index (χ3v) is 5.81. The Balaban J connectivity index is 1.52. The van der Waals surface area contributed by atoms with Crippen LogP contribution >= 0.6 is 11.3 Å². The molecule has 0 atom stereocenters. The normalized spacial score (nSPS) is 11.1. The smallest absolute Gasteiger partial charge is 0.259 e. The molecule has 0 aliphatic rings. The molecule has 160 valence electrons. The summed E-state index contributed by atoms with van der Waals surface area (Å²) in [6.07, 6.45) is 0. The zero-order valence-electron chi connectivity index (χ0n) is 17.6. The van der Waals surface area contributed by atoms with Gasteiger partial charge in [0.2, 0.25) is 0 Å². The molecule has 3 heterocycles. The van der Waals surface area contributed by atoms with Gasteiger partial charge in [0, 0.05) is 18.5 Å². The lowest BCUT2D eigenvalue weighted by Crippen LogP contribution is -2.23. The highest BCUT2D eigenvalue weighted by molar-refractivity contribution is 7.15. The molecule has 3 aromatic heterocycles. The summed E-state index contributed by atoms with van der Waals surface area (Å²) in [4.78, 5) is 19.8. The van der Waals surface area contributed by atoms with Crippen LogP contribution in [-0.2, 0) is 11.3 Å². The Hall–Kier alpha value is -3.23. The number of carbonyl (C=O) groups is 1. The van der Waals surface area contributed by atoms with Crippen LogP contribution in [0.3, 0.4) is 0 Å². The number of rotatable bonds is 8. The highest BCUT2D eigenvalue weighted by Crippen LogP contribution is 2.31. The number of nitrogens with one attached hydrogen (secondary N) is 1. The summed E-state index contributed by atoms with van der Waals surface area (Å²) < 4.78 is 15.9. The maximum atomic E-state index is 13.1. The number of thiophene rings is 1. The minimum atomic E-state index is -0.200. The van der Waals surface area contributed by atoms with Crippen LogP contribution in [0, 0.1) is 13.8 Å². The van der Waals surface area contributed by atoms with Crippen LogP contribution < -0.4 is 10.1 Å². The van der Waals surface area contributed by atoms with Gasteiger partial charge in [0.25, 0.3) is 11.6 Å². The molecule has 0 unspecified atom stereocenters. The van der Waals surface area contributed by atoms with Crippen molar-refractivity contribution >= 4 is 28.3 Å². The highest BCUT2D eigenvalue weighted by atomic mass is 32.1. The topological polar surface area (TPSA) is 86.5 Å². The van der Waals surface area contributed by atoms with Crippen molar-refractivity contribution in [2.75, 3.05) is 20.3 Å². The number of pyridine rings is 1. The summed E-state index contributed by atoms with van der Waals surface area (Å²) in [5.41, 5.74) is 3.17. The minimum absolute atomic E-state index is 0.200. The van der Waals surface area contributed by atoms with Crippen molar-refractivity contribution in [2.45, 2.75) is 20.4 Å². The molecule has 0 bridgehead atoms. The number of nitrogens with zero attached hydrogens (tertiary/aromatic N) is 2. The van der Waals surface area contributed by atoms with Gasteiger partial charge in [0.15, 0.2) is 0 Å². The number of ether oxygens (including phenoxy) is 2. The molecular weight excluding hydrogens is 414 g/mol. The number of methoxy groups -OCH3 is 1. The van der Waals surface area contributed by atoms with Gasteiger partial charge in [-0.05, 0) is 49.7 Å². The predicted octanol–water partition coefficient (Wildman–Crippen LogP) is 4.52. The molecule has 0 radical (unpaired) electrons. The fourth-order valence-electron chi connectivity index (χ4n) is 3.20. The first kappa shape index (κ1) is 21.0. The van der Waals surface area contributed by atoms with Crippen LogP contribution in [0.4, 0.5) is 0 Å². The van der Waals surface area contributed by atoms with Crippen molar-refractivity contribution in [1.82, 2.24) is 15.5 Å². The fraction of sp³-hybridized carbons (Fsp3) is 0.261. The SMILES string of the molecule is COCCOc1ccc(CNC(=O)c2cc(-c3ccc(C)s3)nc3onc(C)c23)cc1. The van der Waals surface area contributed by atoms with E-state index in [1.165, 1.54) is 4.88 Å². The molecule has 1 N–H and O–H groups in total. The van der Waals surface area contributed by atoms with Crippen molar-refractivity contribution < 1.29 is 18.8 Å². The first-order chi connectivity index (χ1) is 15.0. The monoisotopic (exact) mass is 437 g/mol. The lowest BCUT2D eigenvalue weighted by atomic mass is 10.1. The molecule has 4 aromatic rings. The molecule has 0 aliphatic carbocycles. The average Bonchev–Trinajstić information content (AvgIpc) is 3.38. The van der Waals surface area contributed by atoms with E-state index in [4.69, 9.17) is 14.0 Å². The van der Waals surface area contributed by atoms with Crippen LogP contribution in [0.5, 0.6) is 5.75 Å². The summed E-state index contributed by atoms with van der Waals surface area (Å²) in [6, 6.07) is 13.4. The Morgan fingerprint density at radius 2 is 1.94 bits per heavy atom. The van der Waals surface area contributed by atoms with E-state index in [0.717, 1.165) is 16.2 Å². The summed E-state index contributed by atoms with van der Waals surface area (Å²) >= 11 is 1.62. The number of hydrogen-bond acceptors (Lipinski definition) is 7.